The van der Waals surface area contributed by atoms with E-state index in [4.69, 9.17) is 4.98 Å². The number of aromatic nitrogens is 2. The molecule has 3 aromatic carbocycles. The zero-order valence-electron chi connectivity index (χ0n) is 16.4. The van der Waals surface area contributed by atoms with Gasteiger partial charge < -0.3 is 5.11 Å². The Morgan fingerprint density at radius 3 is 2.40 bits per heavy atom. The minimum atomic E-state index is -0.983. The van der Waals surface area contributed by atoms with Gasteiger partial charge in [-0.3, -0.25) is 9.36 Å². The number of fused-ring (bicyclic) bond motifs is 2. The predicted octanol–water partition coefficient (Wildman–Crippen LogP) is 5.36. The fourth-order valence-electron chi connectivity index (χ4n) is 3.83. The Morgan fingerprint density at radius 1 is 1.03 bits per heavy atom. The van der Waals surface area contributed by atoms with E-state index in [1.807, 2.05) is 24.3 Å². The zero-order chi connectivity index (χ0) is 20.2. The maximum absolute atomic E-state index is 11.8. The third kappa shape index (κ3) is 3.69. The summed E-state index contributed by atoms with van der Waals surface area (Å²) < 4.78 is 1.13. The van der Waals surface area contributed by atoms with Crippen LogP contribution >= 0.6 is 11.8 Å². The molecule has 148 valence electrons. The molecular weight excluding hydrogens is 403 g/mol. The molecular formula is C24H23N2NaO2S. The van der Waals surface area contributed by atoms with Gasteiger partial charge in [-0.25, -0.2) is 4.98 Å². The van der Waals surface area contributed by atoms with Crippen LogP contribution in [0.3, 0.4) is 0 Å². The van der Waals surface area contributed by atoms with Crippen molar-refractivity contribution in [2.45, 2.75) is 42.5 Å². The molecule has 0 saturated heterocycles. The zero-order valence-corrected chi connectivity index (χ0v) is 17.2. The van der Waals surface area contributed by atoms with Crippen molar-refractivity contribution in [2.24, 2.45) is 0 Å². The average Bonchev–Trinajstić information content (AvgIpc) is 3.48. The predicted molar refractivity (Wildman–Crippen MR) is 125 cm³/mol. The van der Waals surface area contributed by atoms with E-state index in [1.165, 1.54) is 40.9 Å². The number of aliphatic carboxylic acids is 1. The van der Waals surface area contributed by atoms with Crippen LogP contribution in [0.5, 0.6) is 0 Å². The number of carboxylic acid groups (broad SMARTS) is 1. The summed E-state index contributed by atoms with van der Waals surface area (Å²) in [7, 11) is 0. The number of hydrogen-bond acceptors (Lipinski definition) is 3. The van der Waals surface area contributed by atoms with Gasteiger partial charge in [0.1, 0.15) is 4.75 Å². The number of carbonyl (C=O) groups is 1. The standard InChI is InChI=1S/C24H22N2O2S.Na.H/c1-24(2,22(27)28)29-23-25-19-9-5-6-10-21(19)26(23)20-14-13-16(15-11-12-15)17-7-3-4-8-18(17)20;;/h3-10,13-15H,11-12H2,1-2H3,(H,27,28);;. The molecule has 0 spiro atoms. The Bertz CT molecular complexity index is 1260. The molecule has 0 bridgehead atoms. The average molecular weight is 427 g/mol. The molecule has 1 fully saturated rings. The molecule has 4 aromatic rings. The van der Waals surface area contributed by atoms with Crippen molar-refractivity contribution in [3.8, 4) is 5.69 Å². The van der Waals surface area contributed by atoms with Crippen molar-refractivity contribution in [1.82, 2.24) is 9.55 Å². The number of para-hydroxylation sites is 2. The van der Waals surface area contributed by atoms with Crippen molar-refractivity contribution in [1.29, 1.82) is 0 Å². The summed E-state index contributed by atoms with van der Waals surface area (Å²) in [6, 6.07) is 20.9. The molecule has 0 atom stereocenters. The summed E-state index contributed by atoms with van der Waals surface area (Å²) in [5.41, 5.74) is 4.31. The van der Waals surface area contributed by atoms with E-state index in [9.17, 15) is 9.90 Å². The summed E-state index contributed by atoms with van der Waals surface area (Å²) in [4.78, 5) is 16.6. The molecule has 0 unspecified atom stereocenters. The number of thioether (sulfide) groups is 1. The second-order valence-electron chi connectivity index (χ2n) is 8.13. The van der Waals surface area contributed by atoms with E-state index in [0.717, 1.165) is 16.7 Å². The first-order chi connectivity index (χ1) is 14.0. The molecule has 1 aliphatic carbocycles. The van der Waals surface area contributed by atoms with Gasteiger partial charge in [0.2, 0.25) is 0 Å². The molecule has 6 heteroatoms. The fourth-order valence-corrected chi connectivity index (χ4v) is 4.80. The molecule has 4 nitrogen and oxygen atoms in total. The first-order valence-electron chi connectivity index (χ1n) is 9.87. The normalized spacial score (nSPS) is 14.1. The number of benzene rings is 3. The quantitative estimate of drug-likeness (QED) is 0.345. The summed E-state index contributed by atoms with van der Waals surface area (Å²) in [5.74, 6) is -0.191. The van der Waals surface area contributed by atoms with Crippen molar-refractivity contribution in [2.75, 3.05) is 0 Å². The molecule has 0 radical (unpaired) electrons. The number of hydrogen-bond donors (Lipinski definition) is 1. The van der Waals surface area contributed by atoms with Gasteiger partial charge in [-0.1, -0.05) is 54.2 Å². The summed E-state index contributed by atoms with van der Waals surface area (Å²) in [6.07, 6.45) is 2.51. The maximum atomic E-state index is 11.8. The van der Waals surface area contributed by atoms with Gasteiger partial charge in [0.05, 0.1) is 16.7 Å². The Kier molecular flexibility index (Phi) is 5.75. The minimum absolute atomic E-state index is 0. The molecule has 5 rings (SSSR count). The Balaban J connectivity index is 0.00000218. The van der Waals surface area contributed by atoms with Crippen molar-refractivity contribution in [3.05, 3.63) is 66.2 Å². The Labute approximate surface area is 202 Å². The van der Waals surface area contributed by atoms with Gasteiger partial charge in [0.15, 0.2) is 5.16 Å². The van der Waals surface area contributed by atoms with Crippen LogP contribution in [0.25, 0.3) is 27.5 Å². The number of carboxylic acids is 1. The fraction of sp³-hybridized carbons (Fsp3) is 0.250. The molecule has 1 N–H and O–H groups in total. The van der Waals surface area contributed by atoms with Gasteiger partial charge in [-0.2, -0.15) is 0 Å². The van der Waals surface area contributed by atoms with E-state index < -0.39 is 10.7 Å². The van der Waals surface area contributed by atoms with Gasteiger partial charge in [0.25, 0.3) is 0 Å². The summed E-state index contributed by atoms with van der Waals surface area (Å²) in [6.45, 7) is 3.44. The molecule has 1 aromatic heterocycles. The van der Waals surface area contributed by atoms with E-state index in [-0.39, 0.29) is 29.6 Å². The summed E-state index contributed by atoms with van der Waals surface area (Å²) >= 11 is 1.28. The second-order valence-corrected chi connectivity index (χ2v) is 9.72. The topological polar surface area (TPSA) is 55.1 Å². The monoisotopic (exact) mass is 426 g/mol. The van der Waals surface area contributed by atoms with E-state index >= 15 is 0 Å². The van der Waals surface area contributed by atoms with Crippen LogP contribution < -0.4 is 0 Å². The molecule has 1 saturated carbocycles. The van der Waals surface area contributed by atoms with Gasteiger partial charge in [-0.05, 0) is 61.8 Å². The van der Waals surface area contributed by atoms with E-state index in [1.54, 1.807) is 13.8 Å². The third-order valence-corrected chi connectivity index (χ3v) is 6.73. The Hall–Kier alpha value is -1.79. The van der Waals surface area contributed by atoms with Gasteiger partial charge in [0, 0.05) is 5.39 Å². The molecule has 30 heavy (non-hydrogen) atoms. The second kappa shape index (κ2) is 8.04. The van der Waals surface area contributed by atoms with Crippen LogP contribution in [0.15, 0.2) is 65.8 Å². The molecule has 0 aliphatic heterocycles. The number of rotatable bonds is 5. The van der Waals surface area contributed by atoms with E-state index in [2.05, 4.69) is 41.0 Å². The molecule has 1 heterocycles. The molecule has 0 amide bonds. The number of imidazole rings is 1. The SMILES string of the molecule is CC(C)(Sc1nc2ccccc2n1-c1ccc(C2CC2)c2ccccc12)C(=O)O.[NaH]. The van der Waals surface area contributed by atoms with Crippen LogP contribution in [0.1, 0.15) is 38.2 Å². The van der Waals surface area contributed by atoms with Crippen LogP contribution in [0.4, 0.5) is 0 Å². The van der Waals surface area contributed by atoms with Gasteiger partial charge >= 0.3 is 35.5 Å². The number of nitrogens with zero attached hydrogens (tertiary/aromatic N) is 2. The van der Waals surface area contributed by atoms with Crippen molar-refractivity contribution < 1.29 is 9.90 Å². The van der Waals surface area contributed by atoms with Crippen LogP contribution in [-0.2, 0) is 4.79 Å². The Morgan fingerprint density at radius 2 is 1.70 bits per heavy atom. The molecule has 1 aliphatic rings. The van der Waals surface area contributed by atoms with E-state index in [0.29, 0.717) is 11.1 Å². The van der Waals surface area contributed by atoms with Crippen molar-refractivity contribution in [3.63, 3.8) is 0 Å². The van der Waals surface area contributed by atoms with Crippen LogP contribution in [-0.4, -0.2) is 54.9 Å². The first kappa shape index (κ1) is 21.4. The van der Waals surface area contributed by atoms with Crippen LogP contribution in [0.2, 0.25) is 0 Å². The first-order valence-corrected chi connectivity index (χ1v) is 10.7. The third-order valence-electron chi connectivity index (χ3n) is 5.58. The van der Waals surface area contributed by atoms with Gasteiger partial charge in [-0.15, -0.1) is 0 Å². The van der Waals surface area contributed by atoms with Crippen molar-refractivity contribution >= 4 is 69.1 Å². The van der Waals surface area contributed by atoms with Crippen LogP contribution in [0, 0.1) is 0 Å². The summed E-state index contributed by atoms with van der Waals surface area (Å²) in [5, 5.41) is 12.8.